The quantitative estimate of drug-likeness (QED) is 0.846. The van der Waals surface area contributed by atoms with Crippen LogP contribution in [0.25, 0.3) is 5.69 Å². The second kappa shape index (κ2) is 4.04. The molecule has 0 saturated carbocycles. The standard InChI is InChI=1S/C11H12ClN3/c1-8-4-2-3-5-11(8)15-7-9(12)10(6-13)14-15/h2-5,7H,6,13H2,1H3. The van der Waals surface area contributed by atoms with E-state index in [-0.39, 0.29) is 0 Å². The van der Waals surface area contributed by atoms with Gasteiger partial charge in [0.1, 0.15) is 0 Å². The van der Waals surface area contributed by atoms with Gasteiger partial charge in [0, 0.05) is 12.7 Å². The Morgan fingerprint density at radius 1 is 1.40 bits per heavy atom. The van der Waals surface area contributed by atoms with Gasteiger partial charge in [-0.1, -0.05) is 29.8 Å². The molecule has 2 rings (SSSR count). The summed E-state index contributed by atoms with van der Waals surface area (Å²) in [6.07, 6.45) is 1.78. The third kappa shape index (κ3) is 1.89. The maximum absolute atomic E-state index is 5.98. The lowest BCUT2D eigenvalue weighted by atomic mass is 10.2. The summed E-state index contributed by atoms with van der Waals surface area (Å²) in [6, 6.07) is 8.00. The highest BCUT2D eigenvalue weighted by atomic mass is 35.5. The Hall–Kier alpha value is -1.32. The van der Waals surface area contributed by atoms with Gasteiger partial charge < -0.3 is 5.73 Å². The number of aromatic nitrogens is 2. The normalized spacial score (nSPS) is 10.6. The van der Waals surface area contributed by atoms with Gasteiger partial charge in [-0.3, -0.25) is 0 Å². The minimum atomic E-state index is 0.359. The van der Waals surface area contributed by atoms with Crippen LogP contribution in [0.1, 0.15) is 11.3 Å². The van der Waals surface area contributed by atoms with Crippen molar-refractivity contribution < 1.29 is 0 Å². The first kappa shape index (κ1) is 10.2. The van der Waals surface area contributed by atoms with E-state index in [9.17, 15) is 0 Å². The predicted molar refractivity (Wildman–Crippen MR) is 61.2 cm³/mol. The molecule has 0 aliphatic rings. The average Bonchev–Trinajstić information content (AvgIpc) is 2.60. The Morgan fingerprint density at radius 3 is 2.73 bits per heavy atom. The molecule has 2 N–H and O–H groups in total. The van der Waals surface area contributed by atoms with Crippen LogP contribution in [0.4, 0.5) is 0 Å². The van der Waals surface area contributed by atoms with Gasteiger partial charge in [0.2, 0.25) is 0 Å². The Labute approximate surface area is 93.5 Å². The number of nitrogens with zero attached hydrogens (tertiary/aromatic N) is 2. The number of halogens is 1. The van der Waals surface area contributed by atoms with Crippen molar-refractivity contribution in [1.82, 2.24) is 9.78 Å². The summed E-state index contributed by atoms with van der Waals surface area (Å²) in [6.45, 7) is 2.39. The van der Waals surface area contributed by atoms with E-state index in [1.807, 2.05) is 31.2 Å². The number of para-hydroxylation sites is 1. The van der Waals surface area contributed by atoms with Gasteiger partial charge in [-0.05, 0) is 18.6 Å². The van der Waals surface area contributed by atoms with E-state index in [1.54, 1.807) is 10.9 Å². The Kier molecular flexibility index (Phi) is 2.75. The zero-order valence-corrected chi connectivity index (χ0v) is 9.20. The summed E-state index contributed by atoms with van der Waals surface area (Å²) < 4.78 is 1.76. The van der Waals surface area contributed by atoms with Crippen molar-refractivity contribution in [3.8, 4) is 5.69 Å². The van der Waals surface area contributed by atoms with E-state index in [0.29, 0.717) is 11.6 Å². The molecule has 0 bridgehead atoms. The first-order valence-electron chi connectivity index (χ1n) is 4.72. The van der Waals surface area contributed by atoms with Gasteiger partial charge in [-0.2, -0.15) is 5.10 Å². The first-order valence-corrected chi connectivity index (χ1v) is 5.10. The van der Waals surface area contributed by atoms with E-state index in [2.05, 4.69) is 5.10 Å². The maximum Gasteiger partial charge on any atom is 0.0950 e. The number of nitrogens with two attached hydrogens (primary N) is 1. The van der Waals surface area contributed by atoms with Crippen LogP contribution in [-0.2, 0) is 6.54 Å². The molecule has 78 valence electrons. The van der Waals surface area contributed by atoms with E-state index >= 15 is 0 Å². The SMILES string of the molecule is Cc1ccccc1-n1cc(Cl)c(CN)n1. The van der Waals surface area contributed by atoms with E-state index in [0.717, 1.165) is 16.9 Å². The summed E-state index contributed by atoms with van der Waals surface area (Å²) in [4.78, 5) is 0. The van der Waals surface area contributed by atoms with Crippen molar-refractivity contribution in [2.45, 2.75) is 13.5 Å². The lowest BCUT2D eigenvalue weighted by Crippen LogP contribution is -2.01. The second-order valence-corrected chi connectivity index (χ2v) is 3.77. The minimum absolute atomic E-state index is 0.359. The molecule has 0 fully saturated rings. The fourth-order valence-electron chi connectivity index (χ4n) is 1.47. The Balaban J connectivity index is 2.50. The van der Waals surface area contributed by atoms with Crippen molar-refractivity contribution in [3.63, 3.8) is 0 Å². The molecule has 15 heavy (non-hydrogen) atoms. The number of benzene rings is 1. The number of aryl methyl sites for hydroxylation is 1. The van der Waals surface area contributed by atoms with Crippen LogP contribution in [-0.4, -0.2) is 9.78 Å². The molecule has 0 aliphatic heterocycles. The first-order chi connectivity index (χ1) is 7.22. The smallest absolute Gasteiger partial charge is 0.0950 e. The minimum Gasteiger partial charge on any atom is -0.325 e. The molecule has 1 aromatic carbocycles. The molecular weight excluding hydrogens is 210 g/mol. The van der Waals surface area contributed by atoms with Crippen LogP contribution in [0.2, 0.25) is 5.02 Å². The molecule has 0 radical (unpaired) electrons. The molecule has 1 aromatic heterocycles. The summed E-state index contributed by atoms with van der Waals surface area (Å²) in [5.74, 6) is 0. The summed E-state index contributed by atoms with van der Waals surface area (Å²) in [5.41, 5.74) is 8.42. The van der Waals surface area contributed by atoms with Crippen molar-refractivity contribution in [2.75, 3.05) is 0 Å². The highest BCUT2D eigenvalue weighted by Crippen LogP contribution is 2.18. The van der Waals surface area contributed by atoms with Crippen molar-refractivity contribution >= 4 is 11.6 Å². The molecule has 0 amide bonds. The summed E-state index contributed by atoms with van der Waals surface area (Å²) in [7, 11) is 0. The fourth-order valence-corrected chi connectivity index (χ4v) is 1.68. The van der Waals surface area contributed by atoms with Gasteiger partial charge in [0.25, 0.3) is 0 Å². The van der Waals surface area contributed by atoms with Crippen LogP contribution in [0.15, 0.2) is 30.5 Å². The molecule has 0 aliphatic carbocycles. The number of hydrogen-bond donors (Lipinski definition) is 1. The zero-order chi connectivity index (χ0) is 10.8. The van der Waals surface area contributed by atoms with Crippen molar-refractivity contribution in [1.29, 1.82) is 0 Å². The van der Waals surface area contributed by atoms with Crippen molar-refractivity contribution in [3.05, 3.63) is 46.7 Å². The van der Waals surface area contributed by atoms with Gasteiger partial charge >= 0.3 is 0 Å². The lowest BCUT2D eigenvalue weighted by Gasteiger charge is -2.04. The zero-order valence-electron chi connectivity index (χ0n) is 8.44. The summed E-state index contributed by atoms with van der Waals surface area (Å²) >= 11 is 5.98. The second-order valence-electron chi connectivity index (χ2n) is 3.36. The molecule has 4 heteroatoms. The van der Waals surface area contributed by atoms with Crippen LogP contribution < -0.4 is 5.73 Å². The van der Waals surface area contributed by atoms with Crippen LogP contribution in [0.3, 0.4) is 0 Å². The monoisotopic (exact) mass is 221 g/mol. The largest absolute Gasteiger partial charge is 0.325 e. The highest BCUT2D eigenvalue weighted by molar-refractivity contribution is 6.31. The third-order valence-corrected chi connectivity index (χ3v) is 2.61. The molecule has 1 heterocycles. The molecule has 0 unspecified atom stereocenters. The molecule has 0 saturated heterocycles. The van der Waals surface area contributed by atoms with E-state index in [1.165, 1.54) is 0 Å². The Morgan fingerprint density at radius 2 is 2.13 bits per heavy atom. The Bertz CT molecular complexity index is 476. The molecular formula is C11H12ClN3. The van der Waals surface area contributed by atoms with Crippen LogP contribution >= 0.6 is 11.6 Å². The fraction of sp³-hybridized carbons (Fsp3) is 0.182. The molecule has 3 nitrogen and oxygen atoms in total. The molecule has 0 spiro atoms. The van der Waals surface area contributed by atoms with Crippen LogP contribution in [0.5, 0.6) is 0 Å². The third-order valence-electron chi connectivity index (χ3n) is 2.30. The van der Waals surface area contributed by atoms with E-state index in [4.69, 9.17) is 17.3 Å². The van der Waals surface area contributed by atoms with Crippen LogP contribution in [0, 0.1) is 6.92 Å². The van der Waals surface area contributed by atoms with Gasteiger partial charge in [0.05, 0.1) is 16.4 Å². The average molecular weight is 222 g/mol. The topological polar surface area (TPSA) is 43.8 Å². The van der Waals surface area contributed by atoms with Gasteiger partial charge in [0.15, 0.2) is 0 Å². The molecule has 0 atom stereocenters. The predicted octanol–water partition coefficient (Wildman–Crippen LogP) is 2.29. The van der Waals surface area contributed by atoms with Gasteiger partial charge in [-0.25, -0.2) is 4.68 Å². The van der Waals surface area contributed by atoms with Crippen molar-refractivity contribution in [2.24, 2.45) is 5.73 Å². The number of hydrogen-bond acceptors (Lipinski definition) is 2. The number of rotatable bonds is 2. The van der Waals surface area contributed by atoms with E-state index < -0.39 is 0 Å². The molecule has 2 aromatic rings. The lowest BCUT2D eigenvalue weighted by molar-refractivity contribution is 0.828. The maximum atomic E-state index is 5.98. The highest BCUT2D eigenvalue weighted by Gasteiger charge is 2.07. The summed E-state index contributed by atoms with van der Waals surface area (Å²) in [5, 5.41) is 4.93. The van der Waals surface area contributed by atoms with Gasteiger partial charge in [-0.15, -0.1) is 0 Å².